The van der Waals surface area contributed by atoms with Crippen molar-refractivity contribution >= 4 is 41.1 Å². The number of carbonyl (C=O) groups excluding carboxylic acids is 5. The predicted octanol–water partition coefficient (Wildman–Crippen LogP) is 6.23. The molecule has 53 heavy (non-hydrogen) atoms. The predicted molar refractivity (Wildman–Crippen MR) is 195 cm³/mol. The van der Waals surface area contributed by atoms with Gasteiger partial charge >= 0.3 is 11.9 Å². The molecule has 0 spiro atoms. The molecule has 276 valence electrons. The van der Waals surface area contributed by atoms with Gasteiger partial charge in [0.25, 0.3) is 17.7 Å². The molecule has 1 atom stereocenters. The molecule has 0 aliphatic carbocycles. The molecule has 3 amide bonds. The Labute approximate surface area is 305 Å². The number of nitrogens with one attached hydrogen (secondary N) is 3. The van der Waals surface area contributed by atoms with Crippen molar-refractivity contribution in [2.75, 3.05) is 19.5 Å². The number of aryl methyl sites for hydroxylation is 3. The summed E-state index contributed by atoms with van der Waals surface area (Å²) in [6.45, 7) is 13.3. The smallest absolute Gasteiger partial charge is 0.337 e. The van der Waals surface area contributed by atoms with Crippen LogP contribution in [0.15, 0.2) is 60.7 Å². The van der Waals surface area contributed by atoms with Crippen LogP contribution in [-0.2, 0) is 19.7 Å². The summed E-state index contributed by atoms with van der Waals surface area (Å²) in [5.41, 5.74) is 3.10. The number of imide groups is 1. The van der Waals surface area contributed by atoms with E-state index in [1.807, 2.05) is 52.8 Å². The molecule has 0 fully saturated rings. The van der Waals surface area contributed by atoms with Gasteiger partial charge in [0, 0.05) is 16.5 Å². The summed E-state index contributed by atoms with van der Waals surface area (Å²) in [6.07, 6.45) is -0.810. The van der Waals surface area contributed by atoms with Gasteiger partial charge in [0.05, 0.1) is 36.7 Å². The topological polar surface area (TPSA) is 179 Å². The standard InChI is InChI=1S/C39H41N5O9/c1-20-10-15-29(21(2)16-20)52-23(4)34(45)41-33-31(39(5,6)7)40-32-30(22(3)43-44(32)33)53-28-13-11-24(12-14-28)35(46)42-36(47)25-17-26(37(48)50-8)19-27(18-25)38(49)51-9/h10-19,23,43H,1-9H3,(H,41,45)(H,42,46,47). The van der Waals surface area contributed by atoms with Crippen molar-refractivity contribution in [3.63, 3.8) is 0 Å². The highest BCUT2D eigenvalue weighted by Crippen LogP contribution is 2.37. The van der Waals surface area contributed by atoms with Crippen molar-refractivity contribution in [3.05, 3.63) is 105 Å². The molecule has 14 nitrogen and oxygen atoms in total. The number of aromatic nitrogens is 3. The number of methoxy groups -OCH3 is 2. The van der Waals surface area contributed by atoms with Crippen molar-refractivity contribution in [1.82, 2.24) is 19.9 Å². The van der Waals surface area contributed by atoms with Crippen LogP contribution in [0.25, 0.3) is 5.65 Å². The van der Waals surface area contributed by atoms with Gasteiger partial charge in [0.1, 0.15) is 11.5 Å². The van der Waals surface area contributed by atoms with Crippen molar-refractivity contribution in [2.45, 2.75) is 60.0 Å². The van der Waals surface area contributed by atoms with E-state index in [0.29, 0.717) is 40.1 Å². The summed E-state index contributed by atoms with van der Waals surface area (Å²) in [6, 6.07) is 15.4. The zero-order valence-corrected chi connectivity index (χ0v) is 30.9. The fraction of sp³-hybridized carbons (Fsp3) is 0.282. The molecule has 2 heterocycles. The number of H-pyrrole nitrogens is 1. The van der Waals surface area contributed by atoms with Gasteiger partial charge in [-0.25, -0.2) is 19.1 Å². The van der Waals surface area contributed by atoms with E-state index in [1.165, 1.54) is 30.3 Å². The monoisotopic (exact) mass is 723 g/mol. The lowest BCUT2D eigenvalue weighted by Gasteiger charge is -2.20. The Kier molecular flexibility index (Phi) is 10.7. The molecule has 2 aromatic heterocycles. The van der Waals surface area contributed by atoms with E-state index in [0.717, 1.165) is 25.3 Å². The number of rotatable bonds is 10. The molecule has 0 bridgehead atoms. The first kappa shape index (κ1) is 37.8. The Morgan fingerprint density at radius 3 is 1.94 bits per heavy atom. The third kappa shape index (κ3) is 8.22. The molecule has 14 heteroatoms. The van der Waals surface area contributed by atoms with Gasteiger partial charge in [-0.05, 0) is 81.8 Å². The minimum absolute atomic E-state index is 0.0676. The first-order valence-electron chi connectivity index (χ1n) is 16.6. The van der Waals surface area contributed by atoms with Crippen LogP contribution in [0.2, 0.25) is 0 Å². The lowest BCUT2D eigenvalue weighted by atomic mass is 9.92. The zero-order chi connectivity index (χ0) is 38.8. The number of anilines is 1. The third-order valence-corrected chi connectivity index (χ3v) is 8.26. The van der Waals surface area contributed by atoms with Crippen LogP contribution in [-0.4, -0.2) is 64.6 Å². The van der Waals surface area contributed by atoms with Crippen LogP contribution in [0.3, 0.4) is 0 Å². The first-order chi connectivity index (χ1) is 25.0. The van der Waals surface area contributed by atoms with Gasteiger partial charge < -0.3 is 24.3 Å². The van der Waals surface area contributed by atoms with Gasteiger partial charge in [0.15, 0.2) is 23.3 Å². The zero-order valence-electron chi connectivity index (χ0n) is 30.9. The number of esters is 2. The van der Waals surface area contributed by atoms with Crippen LogP contribution in [0.1, 0.15) is 91.6 Å². The largest absolute Gasteiger partial charge is 0.481 e. The normalized spacial score (nSPS) is 11.8. The maximum atomic E-state index is 13.4. The van der Waals surface area contributed by atoms with Crippen molar-refractivity contribution < 1.29 is 42.9 Å². The summed E-state index contributed by atoms with van der Waals surface area (Å²) < 4.78 is 23.3. The molecule has 0 radical (unpaired) electrons. The average molecular weight is 724 g/mol. The molecule has 3 aromatic carbocycles. The molecule has 0 saturated heterocycles. The molecule has 0 aliphatic rings. The Bertz CT molecular complexity index is 2210. The van der Waals surface area contributed by atoms with Gasteiger partial charge in [-0.2, -0.15) is 0 Å². The van der Waals surface area contributed by atoms with Gasteiger partial charge in [-0.1, -0.05) is 38.5 Å². The minimum Gasteiger partial charge on any atom is -0.481 e. The number of aromatic amines is 1. The van der Waals surface area contributed by atoms with Gasteiger partial charge in [-0.15, -0.1) is 0 Å². The summed E-state index contributed by atoms with van der Waals surface area (Å²) >= 11 is 0. The number of ether oxygens (including phenoxy) is 4. The van der Waals surface area contributed by atoms with Gasteiger partial charge in [0.2, 0.25) is 0 Å². The van der Waals surface area contributed by atoms with Gasteiger partial charge in [-0.3, -0.25) is 24.8 Å². The quantitative estimate of drug-likeness (QED) is 0.111. The minimum atomic E-state index is -0.848. The van der Waals surface area contributed by atoms with Crippen LogP contribution >= 0.6 is 0 Å². The summed E-state index contributed by atoms with van der Waals surface area (Å²) in [4.78, 5) is 68.6. The molecule has 5 aromatic rings. The summed E-state index contributed by atoms with van der Waals surface area (Å²) in [7, 11) is 2.32. The Morgan fingerprint density at radius 1 is 0.792 bits per heavy atom. The van der Waals surface area contributed by atoms with E-state index < -0.39 is 35.3 Å². The maximum absolute atomic E-state index is 13.4. The van der Waals surface area contributed by atoms with Crippen LogP contribution in [0, 0.1) is 20.8 Å². The number of nitrogens with zero attached hydrogens (tertiary/aromatic N) is 2. The number of hydrogen-bond acceptors (Lipinski definition) is 10. The first-order valence-corrected chi connectivity index (χ1v) is 16.6. The van der Waals surface area contributed by atoms with Crippen LogP contribution in [0.5, 0.6) is 17.2 Å². The van der Waals surface area contributed by atoms with Crippen LogP contribution < -0.4 is 20.1 Å². The average Bonchev–Trinajstić information content (AvgIpc) is 3.63. The Morgan fingerprint density at radius 2 is 1.38 bits per heavy atom. The van der Waals surface area contributed by atoms with Crippen molar-refractivity contribution in [1.29, 1.82) is 0 Å². The van der Waals surface area contributed by atoms with Crippen LogP contribution in [0.4, 0.5) is 5.82 Å². The van der Waals surface area contributed by atoms with Crippen molar-refractivity contribution in [2.24, 2.45) is 0 Å². The fourth-order valence-electron chi connectivity index (χ4n) is 5.49. The van der Waals surface area contributed by atoms with E-state index in [1.54, 1.807) is 30.5 Å². The van der Waals surface area contributed by atoms with E-state index in [9.17, 15) is 24.0 Å². The maximum Gasteiger partial charge on any atom is 0.337 e. The molecular formula is C39H41N5O9. The molecule has 5 rings (SSSR count). The molecule has 1 unspecified atom stereocenters. The summed E-state index contributed by atoms with van der Waals surface area (Å²) in [5.74, 6) is -1.67. The number of amides is 3. The number of benzene rings is 3. The van der Waals surface area contributed by atoms with E-state index in [-0.39, 0.29) is 28.2 Å². The number of carbonyl (C=O) groups is 5. The lowest BCUT2D eigenvalue weighted by Crippen LogP contribution is -2.32. The number of imidazole rings is 1. The second kappa shape index (κ2) is 15.0. The molecular weight excluding hydrogens is 682 g/mol. The SMILES string of the molecule is COC(=O)c1cc(C(=O)NC(=O)c2ccc(Oc3c(C)[nH]n4c(NC(=O)C(C)Oc5ccc(C)cc5C)c(C(C)(C)C)nc34)cc2)cc(C(=O)OC)c1. The second-order valence-electron chi connectivity index (χ2n) is 13.5. The Balaban J connectivity index is 1.34. The van der Waals surface area contributed by atoms with E-state index in [4.69, 9.17) is 23.9 Å². The highest BCUT2D eigenvalue weighted by Gasteiger charge is 2.30. The molecule has 3 N–H and O–H groups in total. The number of fused-ring (bicyclic) bond motifs is 1. The second-order valence-corrected chi connectivity index (χ2v) is 13.5. The van der Waals surface area contributed by atoms with Crippen molar-refractivity contribution in [3.8, 4) is 17.2 Å². The van der Waals surface area contributed by atoms with E-state index >= 15 is 0 Å². The third-order valence-electron chi connectivity index (χ3n) is 8.26. The fourth-order valence-corrected chi connectivity index (χ4v) is 5.49. The molecule has 0 saturated carbocycles. The Hall–Kier alpha value is -6.44. The highest BCUT2D eigenvalue weighted by atomic mass is 16.5. The highest BCUT2D eigenvalue weighted by molar-refractivity contribution is 6.11. The summed E-state index contributed by atoms with van der Waals surface area (Å²) in [5, 5.41) is 8.48. The number of hydrogen-bond donors (Lipinski definition) is 3. The molecule has 0 aliphatic heterocycles. The van der Waals surface area contributed by atoms with E-state index in [2.05, 4.69) is 15.7 Å². The lowest BCUT2D eigenvalue weighted by molar-refractivity contribution is -0.122.